The van der Waals surface area contributed by atoms with E-state index in [4.69, 9.17) is 19.9 Å². The molecule has 0 aliphatic carbocycles. The summed E-state index contributed by atoms with van der Waals surface area (Å²) in [5.41, 5.74) is -0.941. The molecule has 2 N–H and O–H groups in total. The number of halogens is 3. The molecule has 2 aliphatic rings. The summed E-state index contributed by atoms with van der Waals surface area (Å²) >= 11 is 5.68. The summed E-state index contributed by atoms with van der Waals surface area (Å²) in [6.07, 6.45) is -5.28. The van der Waals surface area contributed by atoms with Gasteiger partial charge in [-0.05, 0) is 35.7 Å². The van der Waals surface area contributed by atoms with Gasteiger partial charge in [0.25, 0.3) is 11.8 Å². The molecule has 2 aromatic carbocycles. The number of alkyl halides is 2. The lowest BCUT2D eigenvalue weighted by Crippen LogP contribution is -2.52. The highest BCUT2D eigenvalue weighted by molar-refractivity contribution is 6.30. The molecule has 0 spiro atoms. The zero-order valence-corrected chi connectivity index (χ0v) is 16.8. The average Bonchev–Trinajstić information content (AvgIpc) is 3.21. The summed E-state index contributed by atoms with van der Waals surface area (Å²) in [5, 5.41) is 1.64. The number of hydrogen-bond acceptors (Lipinski definition) is 4. The number of piperidine rings is 1. The molecule has 0 radical (unpaired) electrons. The van der Waals surface area contributed by atoms with Crippen LogP contribution in [-0.4, -0.2) is 34.5 Å². The minimum absolute atomic E-state index is 0.0590. The van der Waals surface area contributed by atoms with E-state index in [1.807, 2.05) is 0 Å². The van der Waals surface area contributed by atoms with Crippen LogP contribution in [0.4, 0.5) is 8.78 Å². The highest BCUT2D eigenvalue weighted by Gasteiger charge is 2.41. The quantitative estimate of drug-likeness (QED) is 0.660. The number of amides is 4. The first-order chi connectivity index (χ1) is 17.5. The molecule has 7 nitrogen and oxygen atoms in total. The number of carbonyl (C=O) groups excluding carboxylic acids is 4. The van der Waals surface area contributed by atoms with Crippen LogP contribution >= 0.6 is 11.6 Å². The van der Waals surface area contributed by atoms with Crippen molar-refractivity contribution in [1.82, 2.24) is 15.5 Å². The Morgan fingerprint density at radius 1 is 1.31 bits per heavy atom. The Kier molecular flexibility index (Phi) is 4.02. The fourth-order valence-corrected chi connectivity index (χ4v) is 3.33. The van der Waals surface area contributed by atoms with Crippen molar-refractivity contribution in [2.45, 2.75) is 37.8 Å². The van der Waals surface area contributed by atoms with Gasteiger partial charge < -0.3 is 10.2 Å². The first-order valence-electron chi connectivity index (χ1n) is 12.3. The van der Waals surface area contributed by atoms with Crippen LogP contribution in [0.25, 0.3) is 0 Å². The van der Waals surface area contributed by atoms with Gasteiger partial charge >= 0.3 is 5.92 Å². The largest absolute Gasteiger partial charge is 0.349 e. The lowest BCUT2D eigenvalue weighted by molar-refractivity contribution is -0.147. The van der Waals surface area contributed by atoms with Crippen LogP contribution in [0.5, 0.6) is 0 Å². The van der Waals surface area contributed by atoms with Crippen molar-refractivity contribution in [3.05, 3.63) is 69.7 Å². The van der Waals surface area contributed by atoms with Gasteiger partial charge in [0, 0.05) is 39.7 Å². The number of rotatable bonds is 5. The van der Waals surface area contributed by atoms with Crippen LogP contribution in [0.3, 0.4) is 0 Å². The maximum absolute atomic E-state index is 14.7. The highest BCUT2D eigenvalue weighted by atomic mass is 35.5. The van der Waals surface area contributed by atoms with Crippen molar-refractivity contribution in [2.24, 2.45) is 0 Å². The normalized spacial score (nSPS) is 28.3. The highest BCUT2D eigenvalue weighted by Crippen LogP contribution is 2.30. The molecule has 10 heteroatoms. The van der Waals surface area contributed by atoms with Crippen molar-refractivity contribution in [3.8, 4) is 0 Å². The average molecular weight is 468 g/mol. The fourth-order valence-electron chi connectivity index (χ4n) is 3.21. The molecule has 4 amide bonds. The second-order valence-corrected chi connectivity index (χ2v) is 7.34. The third kappa shape index (κ3) is 4.08. The monoisotopic (exact) mass is 467 g/mol. The van der Waals surface area contributed by atoms with E-state index >= 15 is 0 Å². The predicted molar refractivity (Wildman–Crippen MR) is 110 cm³/mol. The van der Waals surface area contributed by atoms with Crippen LogP contribution in [0, 0.1) is 0 Å². The lowest BCUT2D eigenvalue weighted by Gasteiger charge is -2.29. The predicted octanol–water partition coefficient (Wildman–Crippen LogP) is 2.51. The standard InChI is InChI=1S/C22H18ClF2N3O4/c23-15-4-2-14(3-5-15)22(24,25)21(32)26-10-12-1-6-16-13(9-12)11-28(20(16)31)17-7-8-18(29)27-19(17)30/h1-6,9,17H,7-8,10-11H2,(H,26,32)(H,27,29,30)/t17-/m1/s1/i7D2,8D,10D,17D/hD/t8?,10?,17-. The molecule has 0 bridgehead atoms. The molecule has 3 atom stereocenters. The molecule has 2 aromatic rings. The Morgan fingerprint density at radius 3 is 2.75 bits per heavy atom. The summed E-state index contributed by atoms with van der Waals surface area (Å²) in [6, 6.07) is 4.50. The fraction of sp³-hybridized carbons (Fsp3) is 0.273. The summed E-state index contributed by atoms with van der Waals surface area (Å²) in [5.74, 6) is -9.83. The minimum atomic E-state index is -4.16. The van der Waals surface area contributed by atoms with E-state index in [9.17, 15) is 28.0 Å². The number of hydrogen-bond donors (Lipinski definition) is 2. The molecule has 166 valence electrons. The zero-order chi connectivity index (χ0) is 28.4. The van der Waals surface area contributed by atoms with Crippen LogP contribution in [0.1, 0.15) is 46.7 Å². The molecule has 2 unspecified atom stereocenters. The number of nitrogens with zero attached hydrogens (tertiary/aromatic N) is 1. The number of carbonyl (C=O) groups is 4. The van der Waals surface area contributed by atoms with Gasteiger partial charge in [-0.15, -0.1) is 0 Å². The van der Waals surface area contributed by atoms with Gasteiger partial charge in [0.2, 0.25) is 11.8 Å². The molecule has 0 saturated carbocycles. The molecule has 0 aromatic heterocycles. The summed E-state index contributed by atoms with van der Waals surface area (Å²) in [6.45, 7) is -2.53. The summed E-state index contributed by atoms with van der Waals surface area (Å²) < 4.78 is 78.0. The topological polar surface area (TPSA) is 95.6 Å². The molecule has 32 heavy (non-hydrogen) atoms. The van der Waals surface area contributed by atoms with Crippen LogP contribution in [0.2, 0.25) is 6.43 Å². The van der Waals surface area contributed by atoms with Gasteiger partial charge in [0.15, 0.2) is 1.41 Å². The molecular weight excluding hydrogens is 444 g/mol. The van der Waals surface area contributed by atoms with Crippen molar-refractivity contribution >= 4 is 35.2 Å². The molecule has 1 fully saturated rings. The van der Waals surface area contributed by atoms with Crippen molar-refractivity contribution in [1.29, 1.82) is 0 Å². The second kappa shape index (κ2) is 8.31. The molecule has 4 rings (SSSR count). The Bertz CT molecular complexity index is 1370. The Balaban J connectivity index is 1.61. The number of benzene rings is 2. The zero-order valence-electron chi connectivity index (χ0n) is 22.1. The molecule has 1 saturated heterocycles. The number of nitrogens with one attached hydrogen (secondary N) is 2. The SMILES string of the molecule is [2H]C(c1ccc2c(c1)CN([C@@]1([2H])C(=O)NC(=O)C([2H])C1([2H])[2H])C2=O)N([2H])C(=O)C(F)(F)c1ccc(Cl)cc1. The van der Waals surface area contributed by atoms with E-state index in [1.54, 1.807) is 5.32 Å². The number of fused-ring (bicyclic) bond motifs is 1. The van der Waals surface area contributed by atoms with Gasteiger partial charge in [-0.2, -0.15) is 8.78 Å². The molecule has 2 aliphatic heterocycles. The van der Waals surface area contributed by atoms with E-state index < -0.39 is 67.0 Å². The van der Waals surface area contributed by atoms with Crippen LogP contribution in [-0.2, 0) is 33.4 Å². The summed E-state index contributed by atoms with van der Waals surface area (Å²) in [4.78, 5) is 50.3. The third-order valence-corrected chi connectivity index (χ3v) is 5.05. The Labute approximate surface area is 195 Å². The third-order valence-electron chi connectivity index (χ3n) is 4.80. The van der Waals surface area contributed by atoms with Crippen molar-refractivity contribution in [2.75, 3.05) is 0 Å². The van der Waals surface area contributed by atoms with Crippen molar-refractivity contribution in [3.63, 3.8) is 0 Å². The minimum Gasteiger partial charge on any atom is -0.346 e. The van der Waals surface area contributed by atoms with E-state index in [2.05, 4.69) is 0 Å². The van der Waals surface area contributed by atoms with E-state index in [0.717, 1.165) is 42.5 Å². The summed E-state index contributed by atoms with van der Waals surface area (Å²) in [7, 11) is 0. The maximum atomic E-state index is 14.7. The van der Waals surface area contributed by atoms with Gasteiger partial charge in [-0.3, -0.25) is 24.5 Å². The van der Waals surface area contributed by atoms with E-state index in [-0.39, 0.29) is 27.0 Å². The van der Waals surface area contributed by atoms with Gasteiger partial charge in [-0.1, -0.05) is 35.9 Å². The maximum Gasteiger partial charge on any atom is 0.349 e. The van der Waals surface area contributed by atoms with Gasteiger partial charge in [-0.25, -0.2) is 0 Å². The van der Waals surface area contributed by atoms with Gasteiger partial charge in [0.1, 0.15) is 6.02 Å². The Hall–Kier alpha value is -3.33. The van der Waals surface area contributed by atoms with Crippen LogP contribution < -0.4 is 10.6 Å². The van der Waals surface area contributed by atoms with E-state index in [1.165, 1.54) is 0 Å². The molecule has 2 heterocycles. The first kappa shape index (κ1) is 15.5. The van der Waals surface area contributed by atoms with Gasteiger partial charge in [0.05, 0.1) is 2.74 Å². The first-order valence-corrected chi connectivity index (χ1v) is 9.54. The Morgan fingerprint density at radius 2 is 2.03 bits per heavy atom. The smallest absolute Gasteiger partial charge is 0.346 e. The van der Waals surface area contributed by atoms with Crippen LogP contribution in [0.15, 0.2) is 42.5 Å². The van der Waals surface area contributed by atoms with E-state index in [0.29, 0.717) is 4.90 Å². The second-order valence-electron chi connectivity index (χ2n) is 6.91. The molecular formula is C22H18ClF2N3O4. The lowest BCUT2D eigenvalue weighted by atomic mass is 10.0. The van der Waals surface area contributed by atoms with Crippen molar-refractivity contribution < 1.29 is 36.2 Å². The number of imide groups is 1.